The van der Waals surface area contributed by atoms with Crippen LogP contribution in [-0.4, -0.2) is 29.8 Å². The van der Waals surface area contributed by atoms with Gasteiger partial charge in [0.1, 0.15) is 11.6 Å². The zero-order valence-corrected chi connectivity index (χ0v) is 11.6. The first-order valence-corrected chi connectivity index (χ1v) is 6.20. The number of rotatable bonds is 2. The van der Waals surface area contributed by atoms with Crippen LogP contribution >= 0.6 is 0 Å². The minimum absolute atomic E-state index is 0.0767. The Balaban J connectivity index is 2.19. The number of esters is 1. The second-order valence-electron chi connectivity index (χ2n) is 5.58. The minimum atomic E-state index is -0.514. The number of aromatic hydroxyl groups is 1. The van der Waals surface area contributed by atoms with Crippen LogP contribution in [-0.2, 0) is 16.0 Å². The van der Waals surface area contributed by atoms with Gasteiger partial charge < -0.3 is 19.9 Å². The smallest absolute Gasteiger partial charge is 0.329 e. The molecule has 0 bridgehead atoms. The number of carbonyl (C=O) groups excluding carboxylic acids is 1. The van der Waals surface area contributed by atoms with Gasteiger partial charge in [0.05, 0.1) is 7.11 Å². The van der Waals surface area contributed by atoms with Gasteiger partial charge in [-0.25, -0.2) is 4.79 Å². The number of ether oxygens (including phenoxy) is 2. The highest BCUT2D eigenvalue weighted by molar-refractivity contribution is 5.84. The predicted octanol–water partition coefficient (Wildman–Crippen LogP) is 2.08. The summed E-state index contributed by atoms with van der Waals surface area (Å²) < 4.78 is 10.5. The van der Waals surface area contributed by atoms with Crippen molar-refractivity contribution in [2.45, 2.75) is 38.8 Å². The molecule has 2 rings (SSSR count). The van der Waals surface area contributed by atoms with Crippen molar-refractivity contribution in [1.29, 1.82) is 0 Å². The van der Waals surface area contributed by atoms with E-state index in [9.17, 15) is 9.90 Å². The first-order chi connectivity index (χ1) is 8.81. The second kappa shape index (κ2) is 4.64. The molecule has 1 aromatic carbocycles. The van der Waals surface area contributed by atoms with Crippen molar-refractivity contribution in [3.05, 3.63) is 17.7 Å². The third kappa shape index (κ3) is 2.75. The number of phenols is 1. The molecule has 0 saturated heterocycles. The van der Waals surface area contributed by atoms with E-state index in [0.29, 0.717) is 12.2 Å². The zero-order chi connectivity index (χ0) is 14.2. The number of hydrogen-bond donors (Lipinski definition) is 2. The number of anilines is 1. The van der Waals surface area contributed by atoms with Gasteiger partial charge >= 0.3 is 5.97 Å². The molecule has 0 saturated carbocycles. The topological polar surface area (TPSA) is 67.8 Å². The number of hydrogen-bond acceptors (Lipinski definition) is 5. The van der Waals surface area contributed by atoms with Crippen molar-refractivity contribution < 1.29 is 19.4 Å². The summed E-state index contributed by atoms with van der Waals surface area (Å²) in [5.74, 6) is 0.189. The number of nitrogens with one attached hydrogen (secondary N) is 1. The van der Waals surface area contributed by atoms with E-state index in [0.717, 1.165) is 11.3 Å². The molecule has 1 heterocycles. The van der Waals surface area contributed by atoms with Crippen LogP contribution in [0.5, 0.6) is 11.5 Å². The summed E-state index contributed by atoms with van der Waals surface area (Å²) in [7, 11) is 1.50. The van der Waals surface area contributed by atoms with E-state index in [-0.39, 0.29) is 11.7 Å². The summed E-state index contributed by atoms with van der Waals surface area (Å²) in [5.41, 5.74) is 1.09. The Labute approximate surface area is 112 Å². The molecule has 0 aliphatic carbocycles. The van der Waals surface area contributed by atoms with Crippen molar-refractivity contribution >= 4 is 11.7 Å². The van der Waals surface area contributed by atoms with Gasteiger partial charge in [-0.2, -0.15) is 0 Å². The average molecular weight is 265 g/mol. The Morgan fingerprint density at radius 1 is 1.42 bits per heavy atom. The molecule has 0 spiro atoms. The fourth-order valence-electron chi connectivity index (χ4n) is 2.14. The van der Waals surface area contributed by atoms with Crippen LogP contribution in [0, 0.1) is 0 Å². The van der Waals surface area contributed by atoms with E-state index in [1.165, 1.54) is 7.11 Å². The average Bonchev–Trinajstić information content (AvgIpc) is 2.70. The Morgan fingerprint density at radius 2 is 2.11 bits per heavy atom. The van der Waals surface area contributed by atoms with Crippen LogP contribution in [0.4, 0.5) is 5.69 Å². The standard InChI is InChI=1S/C14H19NO4/c1-14(2,3)19-13(17)10-7-8-9(15-10)5-6-11(16)12(8)18-4/h5-6,10,15-16H,7H2,1-4H3. The molecule has 0 amide bonds. The molecule has 1 aliphatic rings. The van der Waals surface area contributed by atoms with Crippen molar-refractivity contribution in [2.24, 2.45) is 0 Å². The van der Waals surface area contributed by atoms with Crippen LogP contribution in [0.25, 0.3) is 0 Å². The van der Waals surface area contributed by atoms with E-state index in [1.807, 2.05) is 20.8 Å². The van der Waals surface area contributed by atoms with Crippen molar-refractivity contribution in [3.63, 3.8) is 0 Å². The highest BCUT2D eigenvalue weighted by Crippen LogP contribution is 2.40. The largest absolute Gasteiger partial charge is 0.504 e. The quantitative estimate of drug-likeness (QED) is 0.633. The number of fused-ring (bicyclic) bond motifs is 1. The molecule has 5 nitrogen and oxygen atoms in total. The highest BCUT2D eigenvalue weighted by Gasteiger charge is 2.33. The molecule has 0 radical (unpaired) electrons. The lowest BCUT2D eigenvalue weighted by molar-refractivity contribution is -0.155. The van der Waals surface area contributed by atoms with Gasteiger partial charge in [-0.3, -0.25) is 0 Å². The van der Waals surface area contributed by atoms with Gasteiger partial charge in [-0.1, -0.05) is 0 Å². The minimum Gasteiger partial charge on any atom is -0.504 e. The molecule has 1 unspecified atom stereocenters. The molecular formula is C14H19NO4. The molecule has 1 atom stereocenters. The Bertz CT molecular complexity index is 505. The third-order valence-electron chi connectivity index (χ3n) is 2.87. The molecule has 0 aromatic heterocycles. The maximum Gasteiger partial charge on any atom is 0.329 e. The lowest BCUT2D eigenvalue weighted by Gasteiger charge is -2.22. The van der Waals surface area contributed by atoms with Crippen LogP contribution < -0.4 is 10.1 Å². The number of phenolic OH excluding ortho intramolecular Hbond substituents is 1. The van der Waals surface area contributed by atoms with Crippen LogP contribution in [0.2, 0.25) is 0 Å². The Kier molecular flexibility index (Phi) is 3.30. The molecule has 0 fully saturated rings. The fourth-order valence-corrected chi connectivity index (χ4v) is 2.14. The summed E-state index contributed by atoms with van der Waals surface area (Å²) in [6.07, 6.45) is 0.446. The molecule has 19 heavy (non-hydrogen) atoms. The predicted molar refractivity (Wildman–Crippen MR) is 71.6 cm³/mol. The lowest BCUT2D eigenvalue weighted by atomic mass is 10.1. The summed E-state index contributed by atoms with van der Waals surface area (Å²) in [6.45, 7) is 5.50. The van der Waals surface area contributed by atoms with E-state index in [2.05, 4.69) is 5.32 Å². The molecule has 2 N–H and O–H groups in total. The number of carbonyl (C=O) groups is 1. The number of methoxy groups -OCH3 is 1. The number of benzene rings is 1. The summed E-state index contributed by atoms with van der Waals surface area (Å²) in [5, 5.41) is 12.8. The normalized spacial score (nSPS) is 17.6. The van der Waals surface area contributed by atoms with Gasteiger partial charge in [0.25, 0.3) is 0 Å². The van der Waals surface area contributed by atoms with E-state index >= 15 is 0 Å². The maximum atomic E-state index is 12.0. The van der Waals surface area contributed by atoms with Gasteiger partial charge in [0.2, 0.25) is 0 Å². The van der Waals surface area contributed by atoms with Crippen molar-refractivity contribution in [2.75, 3.05) is 12.4 Å². The third-order valence-corrected chi connectivity index (χ3v) is 2.87. The van der Waals surface area contributed by atoms with E-state index in [4.69, 9.17) is 9.47 Å². The summed E-state index contributed by atoms with van der Waals surface area (Å²) in [6, 6.07) is 2.84. The first-order valence-electron chi connectivity index (χ1n) is 6.20. The Hall–Kier alpha value is -1.91. The van der Waals surface area contributed by atoms with Crippen LogP contribution in [0.1, 0.15) is 26.3 Å². The zero-order valence-electron chi connectivity index (χ0n) is 11.6. The molecule has 104 valence electrons. The maximum absolute atomic E-state index is 12.0. The van der Waals surface area contributed by atoms with Crippen molar-refractivity contribution in [1.82, 2.24) is 0 Å². The monoisotopic (exact) mass is 265 g/mol. The van der Waals surface area contributed by atoms with Gasteiger partial charge in [-0.15, -0.1) is 0 Å². The van der Waals surface area contributed by atoms with Gasteiger partial charge in [0, 0.05) is 17.7 Å². The Morgan fingerprint density at radius 3 is 2.68 bits per heavy atom. The van der Waals surface area contributed by atoms with E-state index in [1.54, 1.807) is 12.1 Å². The van der Waals surface area contributed by atoms with Gasteiger partial charge in [-0.05, 0) is 32.9 Å². The van der Waals surface area contributed by atoms with Crippen LogP contribution in [0.15, 0.2) is 12.1 Å². The SMILES string of the molecule is COc1c(O)ccc2c1CC(C(=O)OC(C)(C)C)N2. The molecule has 1 aromatic rings. The van der Waals surface area contributed by atoms with E-state index < -0.39 is 11.6 Å². The van der Waals surface area contributed by atoms with Gasteiger partial charge in [0.15, 0.2) is 11.5 Å². The second-order valence-corrected chi connectivity index (χ2v) is 5.58. The molecular weight excluding hydrogens is 246 g/mol. The first kappa shape index (κ1) is 13.5. The molecule has 1 aliphatic heterocycles. The summed E-state index contributed by atoms with van der Waals surface area (Å²) >= 11 is 0. The summed E-state index contributed by atoms with van der Waals surface area (Å²) in [4.78, 5) is 12.0. The molecule has 5 heteroatoms. The van der Waals surface area contributed by atoms with Crippen molar-refractivity contribution in [3.8, 4) is 11.5 Å². The van der Waals surface area contributed by atoms with Crippen LogP contribution in [0.3, 0.4) is 0 Å². The fraction of sp³-hybridized carbons (Fsp3) is 0.500. The highest BCUT2D eigenvalue weighted by atomic mass is 16.6. The lowest BCUT2D eigenvalue weighted by Crippen LogP contribution is -2.35.